The molecule has 1 heterocycles. The van der Waals surface area contributed by atoms with E-state index in [2.05, 4.69) is 0 Å². The number of nitrogens with zero attached hydrogens (tertiary/aromatic N) is 1. The van der Waals surface area contributed by atoms with Crippen LogP contribution in [0.2, 0.25) is 0 Å². The molecule has 17 heavy (non-hydrogen) atoms. The Morgan fingerprint density at radius 2 is 2.00 bits per heavy atom. The zero-order valence-electron chi connectivity index (χ0n) is 8.88. The van der Waals surface area contributed by atoms with Gasteiger partial charge in [-0.05, 0) is 5.56 Å². The maximum atomic E-state index is 11.5. The molecule has 1 aromatic carbocycles. The summed E-state index contributed by atoms with van der Waals surface area (Å²) in [7, 11) is 0. The Balaban J connectivity index is 1.90. The number of benzene rings is 1. The maximum absolute atomic E-state index is 11.5. The van der Waals surface area contributed by atoms with Crippen molar-refractivity contribution in [1.29, 1.82) is 0 Å². The van der Waals surface area contributed by atoms with E-state index in [1.807, 2.05) is 23.5 Å². The Hall–Kier alpha value is -2.37. The van der Waals surface area contributed by atoms with E-state index in [9.17, 15) is 14.4 Å². The average molecular weight is 234 g/mol. The molecule has 0 saturated carbocycles. The lowest BCUT2D eigenvalue weighted by Gasteiger charge is -2.11. The molecular formula is C11H10N2O4. The third kappa shape index (κ3) is 2.60. The first-order valence-corrected chi connectivity index (χ1v) is 4.99. The molecule has 1 saturated heterocycles. The largest absolute Gasteiger partial charge is 0.444 e. The summed E-state index contributed by atoms with van der Waals surface area (Å²) < 4.78 is 4.90. The van der Waals surface area contributed by atoms with Crippen molar-refractivity contribution in [2.24, 2.45) is 0 Å². The lowest BCUT2D eigenvalue weighted by Crippen LogP contribution is -2.34. The van der Waals surface area contributed by atoms with Crippen LogP contribution in [-0.4, -0.2) is 29.5 Å². The molecule has 0 atom stereocenters. The molecule has 2 rings (SSSR count). The zero-order chi connectivity index (χ0) is 12.3. The van der Waals surface area contributed by atoms with E-state index < -0.39 is 18.0 Å². The van der Waals surface area contributed by atoms with Gasteiger partial charge in [0.05, 0.1) is 0 Å². The Kier molecular flexibility index (Phi) is 3.04. The normalized spacial score (nSPS) is 14.7. The van der Waals surface area contributed by atoms with Gasteiger partial charge < -0.3 is 4.74 Å². The number of carbonyl (C=O) groups is 3. The third-order valence-electron chi connectivity index (χ3n) is 2.22. The van der Waals surface area contributed by atoms with Crippen molar-refractivity contribution in [1.82, 2.24) is 10.2 Å². The smallest absolute Gasteiger partial charge is 0.418 e. The first-order valence-electron chi connectivity index (χ1n) is 4.99. The molecular weight excluding hydrogens is 224 g/mol. The lowest BCUT2D eigenvalue weighted by atomic mass is 10.2. The monoisotopic (exact) mass is 234 g/mol. The van der Waals surface area contributed by atoms with Crippen LogP contribution < -0.4 is 5.32 Å². The molecule has 0 aliphatic carbocycles. The van der Waals surface area contributed by atoms with Crippen molar-refractivity contribution in [3.05, 3.63) is 35.9 Å². The Morgan fingerprint density at radius 3 is 2.59 bits per heavy atom. The number of nitrogens with one attached hydrogen (secondary N) is 1. The highest BCUT2D eigenvalue weighted by Gasteiger charge is 2.33. The standard InChI is InChI=1S/C11H10N2O4/c14-9-6-13(10(15)12-9)11(16)17-7-8-4-2-1-3-5-8/h1-5H,6-7H2,(H,12,14,15). The molecule has 6 nitrogen and oxygen atoms in total. The molecule has 1 aliphatic heterocycles. The van der Waals surface area contributed by atoms with Gasteiger partial charge in [-0.1, -0.05) is 30.3 Å². The highest BCUT2D eigenvalue weighted by Crippen LogP contribution is 2.05. The van der Waals surface area contributed by atoms with E-state index in [0.29, 0.717) is 0 Å². The highest BCUT2D eigenvalue weighted by molar-refractivity contribution is 6.08. The van der Waals surface area contributed by atoms with Crippen molar-refractivity contribution in [2.75, 3.05) is 6.54 Å². The molecule has 1 fully saturated rings. The quantitative estimate of drug-likeness (QED) is 0.770. The van der Waals surface area contributed by atoms with Gasteiger partial charge in [-0.2, -0.15) is 0 Å². The molecule has 4 amide bonds. The van der Waals surface area contributed by atoms with Crippen molar-refractivity contribution >= 4 is 18.0 Å². The van der Waals surface area contributed by atoms with E-state index in [4.69, 9.17) is 4.74 Å². The Morgan fingerprint density at radius 1 is 1.29 bits per heavy atom. The second-order valence-corrected chi connectivity index (χ2v) is 3.48. The topological polar surface area (TPSA) is 75.7 Å². The number of ether oxygens (including phenoxy) is 1. The van der Waals surface area contributed by atoms with E-state index in [1.54, 1.807) is 12.1 Å². The van der Waals surface area contributed by atoms with Gasteiger partial charge in [0.15, 0.2) is 0 Å². The molecule has 0 spiro atoms. The summed E-state index contributed by atoms with van der Waals surface area (Å²) in [6, 6.07) is 8.32. The molecule has 1 aliphatic rings. The summed E-state index contributed by atoms with van der Waals surface area (Å²) in [5.41, 5.74) is 0.812. The summed E-state index contributed by atoms with van der Waals surface area (Å²) >= 11 is 0. The molecule has 1 N–H and O–H groups in total. The van der Waals surface area contributed by atoms with Crippen LogP contribution in [0.4, 0.5) is 9.59 Å². The SMILES string of the molecule is O=C1CN(C(=O)OCc2ccccc2)C(=O)N1. The van der Waals surface area contributed by atoms with Crippen LogP contribution >= 0.6 is 0 Å². The summed E-state index contributed by atoms with van der Waals surface area (Å²) in [6.45, 7) is -0.218. The Labute approximate surface area is 97.2 Å². The number of amides is 4. The highest BCUT2D eigenvalue weighted by atomic mass is 16.6. The Bertz CT molecular complexity index is 458. The molecule has 6 heteroatoms. The van der Waals surface area contributed by atoms with Crippen LogP contribution in [0.5, 0.6) is 0 Å². The van der Waals surface area contributed by atoms with E-state index >= 15 is 0 Å². The molecule has 1 aromatic rings. The minimum atomic E-state index is -0.822. The van der Waals surface area contributed by atoms with Crippen molar-refractivity contribution in [2.45, 2.75) is 6.61 Å². The lowest BCUT2D eigenvalue weighted by molar-refractivity contribution is -0.118. The predicted octanol–water partition coefficient (Wildman–Crippen LogP) is 0.875. The van der Waals surface area contributed by atoms with Gasteiger partial charge in [-0.3, -0.25) is 10.1 Å². The minimum absolute atomic E-state index is 0.0671. The van der Waals surface area contributed by atoms with Gasteiger partial charge in [-0.25, -0.2) is 14.5 Å². The van der Waals surface area contributed by atoms with Gasteiger partial charge in [0, 0.05) is 0 Å². The van der Waals surface area contributed by atoms with Crippen LogP contribution in [-0.2, 0) is 16.1 Å². The van der Waals surface area contributed by atoms with Crippen LogP contribution in [0.25, 0.3) is 0 Å². The molecule has 0 unspecified atom stereocenters. The van der Waals surface area contributed by atoms with Crippen molar-refractivity contribution in [3.63, 3.8) is 0 Å². The summed E-state index contributed by atoms with van der Waals surface area (Å²) in [5.74, 6) is -0.508. The van der Waals surface area contributed by atoms with E-state index in [0.717, 1.165) is 10.5 Å². The number of urea groups is 1. The van der Waals surface area contributed by atoms with Crippen LogP contribution in [0.1, 0.15) is 5.56 Å². The van der Waals surface area contributed by atoms with Gasteiger partial charge in [0.1, 0.15) is 13.2 Å². The summed E-state index contributed by atoms with van der Waals surface area (Å²) in [4.78, 5) is 34.2. The molecule has 0 radical (unpaired) electrons. The fraction of sp³-hybridized carbons (Fsp3) is 0.182. The zero-order valence-corrected chi connectivity index (χ0v) is 8.88. The number of carbonyl (C=O) groups excluding carboxylic acids is 3. The van der Waals surface area contributed by atoms with Crippen LogP contribution in [0.3, 0.4) is 0 Å². The number of rotatable bonds is 2. The second kappa shape index (κ2) is 4.65. The van der Waals surface area contributed by atoms with Gasteiger partial charge >= 0.3 is 12.1 Å². The molecule has 0 aromatic heterocycles. The van der Waals surface area contributed by atoms with Gasteiger partial charge in [-0.15, -0.1) is 0 Å². The fourth-order valence-electron chi connectivity index (χ4n) is 1.39. The average Bonchev–Trinajstić information content (AvgIpc) is 2.67. The molecule has 88 valence electrons. The van der Waals surface area contributed by atoms with Gasteiger partial charge in [0.25, 0.3) is 0 Å². The number of hydrogen-bond acceptors (Lipinski definition) is 4. The van der Waals surface area contributed by atoms with Crippen molar-refractivity contribution < 1.29 is 19.1 Å². The van der Waals surface area contributed by atoms with Crippen LogP contribution in [0.15, 0.2) is 30.3 Å². The third-order valence-corrected chi connectivity index (χ3v) is 2.22. The fourth-order valence-corrected chi connectivity index (χ4v) is 1.39. The number of hydrogen-bond donors (Lipinski definition) is 1. The van der Waals surface area contributed by atoms with Crippen molar-refractivity contribution in [3.8, 4) is 0 Å². The first kappa shape index (κ1) is 11.1. The summed E-state index contributed by atoms with van der Waals surface area (Å²) in [5, 5.41) is 1.99. The maximum Gasteiger partial charge on any atom is 0.418 e. The number of imide groups is 2. The van der Waals surface area contributed by atoms with E-state index in [1.165, 1.54) is 0 Å². The minimum Gasteiger partial charge on any atom is -0.444 e. The van der Waals surface area contributed by atoms with E-state index in [-0.39, 0.29) is 13.2 Å². The first-order chi connectivity index (χ1) is 8.16. The van der Waals surface area contributed by atoms with Gasteiger partial charge in [0.2, 0.25) is 5.91 Å². The predicted molar refractivity (Wildman–Crippen MR) is 56.9 cm³/mol. The second-order valence-electron chi connectivity index (χ2n) is 3.48. The van der Waals surface area contributed by atoms with Crippen LogP contribution in [0, 0.1) is 0 Å². The summed E-state index contributed by atoms with van der Waals surface area (Å²) in [6.07, 6.45) is -0.822. The molecule has 0 bridgehead atoms.